The van der Waals surface area contributed by atoms with Crippen molar-refractivity contribution in [2.75, 3.05) is 6.61 Å². The standard InChI is InChI=1S/C9H12ClNO2/c1-6(2)5-13-9-8(12)3-7(10)4-11-9/h3-4,6,12H,5H2,1-2H3. The van der Waals surface area contributed by atoms with Crippen LogP contribution in [0.2, 0.25) is 5.02 Å². The number of ether oxygens (including phenoxy) is 1. The largest absolute Gasteiger partial charge is 0.503 e. The molecular weight excluding hydrogens is 190 g/mol. The molecule has 0 bridgehead atoms. The number of nitrogens with zero attached hydrogens (tertiary/aromatic N) is 1. The number of halogens is 1. The molecule has 0 saturated heterocycles. The number of aromatic hydroxyl groups is 1. The van der Waals surface area contributed by atoms with Crippen LogP contribution in [-0.4, -0.2) is 16.7 Å². The molecular formula is C9H12ClNO2. The van der Waals surface area contributed by atoms with Crippen LogP contribution < -0.4 is 4.74 Å². The lowest BCUT2D eigenvalue weighted by Gasteiger charge is -2.08. The van der Waals surface area contributed by atoms with Crippen LogP contribution in [0, 0.1) is 5.92 Å². The van der Waals surface area contributed by atoms with Crippen LogP contribution in [0.15, 0.2) is 12.3 Å². The van der Waals surface area contributed by atoms with Crippen molar-refractivity contribution in [2.45, 2.75) is 13.8 Å². The lowest BCUT2D eigenvalue weighted by atomic mass is 10.2. The lowest BCUT2D eigenvalue weighted by molar-refractivity contribution is 0.249. The zero-order valence-electron chi connectivity index (χ0n) is 7.62. The van der Waals surface area contributed by atoms with Crippen LogP contribution in [-0.2, 0) is 0 Å². The molecule has 4 heteroatoms. The first kappa shape index (κ1) is 10.1. The first-order chi connectivity index (χ1) is 6.09. The van der Waals surface area contributed by atoms with E-state index in [0.29, 0.717) is 17.5 Å². The summed E-state index contributed by atoms with van der Waals surface area (Å²) in [6.45, 7) is 4.57. The second-order valence-electron chi connectivity index (χ2n) is 3.18. The van der Waals surface area contributed by atoms with Crippen LogP contribution in [0.25, 0.3) is 0 Å². The van der Waals surface area contributed by atoms with Gasteiger partial charge in [0.25, 0.3) is 5.88 Å². The van der Waals surface area contributed by atoms with Gasteiger partial charge in [0.2, 0.25) is 0 Å². The summed E-state index contributed by atoms with van der Waals surface area (Å²) in [7, 11) is 0. The molecule has 0 fully saturated rings. The fourth-order valence-corrected chi connectivity index (χ4v) is 0.925. The van der Waals surface area contributed by atoms with Crippen LogP contribution >= 0.6 is 11.6 Å². The van der Waals surface area contributed by atoms with Crippen molar-refractivity contribution in [3.63, 3.8) is 0 Å². The zero-order chi connectivity index (χ0) is 9.84. The van der Waals surface area contributed by atoms with E-state index in [1.807, 2.05) is 13.8 Å². The Balaban J connectivity index is 2.67. The summed E-state index contributed by atoms with van der Waals surface area (Å²) in [4.78, 5) is 3.85. The fourth-order valence-electron chi connectivity index (χ4n) is 0.773. The molecule has 0 aliphatic heterocycles. The topological polar surface area (TPSA) is 42.4 Å². The smallest absolute Gasteiger partial charge is 0.256 e. The van der Waals surface area contributed by atoms with Crippen molar-refractivity contribution < 1.29 is 9.84 Å². The normalized spacial score (nSPS) is 10.5. The van der Waals surface area contributed by atoms with Gasteiger partial charge in [0.05, 0.1) is 11.6 Å². The highest BCUT2D eigenvalue weighted by atomic mass is 35.5. The average molecular weight is 202 g/mol. The van der Waals surface area contributed by atoms with Crippen molar-refractivity contribution in [3.8, 4) is 11.6 Å². The highest BCUT2D eigenvalue weighted by molar-refractivity contribution is 6.30. The van der Waals surface area contributed by atoms with Crippen LogP contribution in [0.4, 0.5) is 0 Å². The minimum atomic E-state index is -0.0202. The van der Waals surface area contributed by atoms with Gasteiger partial charge in [-0.05, 0) is 5.92 Å². The maximum absolute atomic E-state index is 9.33. The molecule has 0 atom stereocenters. The van der Waals surface area contributed by atoms with Crippen LogP contribution in [0.5, 0.6) is 11.6 Å². The third-order valence-electron chi connectivity index (χ3n) is 1.35. The van der Waals surface area contributed by atoms with Gasteiger partial charge in [0.15, 0.2) is 5.75 Å². The SMILES string of the molecule is CC(C)COc1ncc(Cl)cc1O. The average Bonchev–Trinajstić information content (AvgIpc) is 2.02. The highest BCUT2D eigenvalue weighted by Gasteiger charge is 2.05. The van der Waals surface area contributed by atoms with Crippen molar-refractivity contribution in [1.82, 2.24) is 4.98 Å². The Labute approximate surface area is 82.3 Å². The molecule has 0 aliphatic rings. The van der Waals surface area contributed by atoms with E-state index >= 15 is 0 Å². The molecule has 0 aliphatic carbocycles. The molecule has 1 aromatic rings. The number of pyridine rings is 1. The molecule has 3 nitrogen and oxygen atoms in total. The second-order valence-corrected chi connectivity index (χ2v) is 3.62. The Morgan fingerprint density at radius 3 is 2.85 bits per heavy atom. The van der Waals surface area contributed by atoms with Crippen molar-refractivity contribution >= 4 is 11.6 Å². The van der Waals surface area contributed by atoms with E-state index in [9.17, 15) is 5.11 Å². The molecule has 1 N–H and O–H groups in total. The van der Waals surface area contributed by atoms with E-state index in [-0.39, 0.29) is 11.6 Å². The van der Waals surface area contributed by atoms with Gasteiger partial charge in [-0.3, -0.25) is 0 Å². The summed E-state index contributed by atoms with van der Waals surface area (Å²) in [6, 6.07) is 1.41. The summed E-state index contributed by atoms with van der Waals surface area (Å²) >= 11 is 5.60. The zero-order valence-corrected chi connectivity index (χ0v) is 8.38. The molecule has 1 rings (SSSR count). The number of hydrogen-bond acceptors (Lipinski definition) is 3. The number of rotatable bonds is 3. The molecule has 0 spiro atoms. The molecule has 0 amide bonds. The monoisotopic (exact) mass is 201 g/mol. The van der Waals surface area contributed by atoms with Gasteiger partial charge in [0, 0.05) is 12.3 Å². The summed E-state index contributed by atoms with van der Waals surface area (Å²) in [6.07, 6.45) is 1.44. The molecule has 1 aromatic heterocycles. The Bertz CT molecular complexity index is 289. The summed E-state index contributed by atoms with van der Waals surface area (Å²) in [5.74, 6) is 0.614. The third-order valence-corrected chi connectivity index (χ3v) is 1.56. The van der Waals surface area contributed by atoms with E-state index in [1.165, 1.54) is 12.3 Å². The van der Waals surface area contributed by atoms with Crippen molar-refractivity contribution in [1.29, 1.82) is 0 Å². The molecule has 0 unspecified atom stereocenters. The first-order valence-corrected chi connectivity index (χ1v) is 4.44. The maximum Gasteiger partial charge on any atom is 0.256 e. The molecule has 0 saturated carbocycles. The van der Waals surface area contributed by atoms with E-state index < -0.39 is 0 Å². The minimum absolute atomic E-state index is 0.0202. The van der Waals surface area contributed by atoms with Crippen LogP contribution in [0.3, 0.4) is 0 Å². The van der Waals surface area contributed by atoms with Gasteiger partial charge in [-0.1, -0.05) is 25.4 Å². The van der Waals surface area contributed by atoms with E-state index in [0.717, 1.165) is 0 Å². The number of hydrogen-bond donors (Lipinski definition) is 1. The predicted molar refractivity (Wildman–Crippen MR) is 51.2 cm³/mol. The van der Waals surface area contributed by atoms with Crippen molar-refractivity contribution in [3.05, 3.63) is 17.3 Å². The van der Waals surface area contributed by atoms with E-state index in [4.69, 9.17) is 16.3 Å². The van der Waals surface area contributed by atoms with Crippen LogP contribution in [0.1, 0.15) is 13.8 Å². The van der Waals surface area contributed by atoms with Gasteiger partial charge in [-0.25, -0.2) is 4.98 Å². The van der Waals surface area contributed by atoms with Gasteiger partial charge < -0.3 is 9.84 Å². The summed E-state index contributed by atoms with van der Waals surface area (Å²) in [5.41, 5.74) is 0. The Morgan fingerprint density at radius 2 is 2.31 bits per heavy atom. The highest BCUT2D eigenvalue weighted by Crippen LogP contribution is 2.25. The molecule has 13 heavy (non-hydrogen) atoms. The third kappa shape index (κ3) is 3.11. The van der Waals surface area contributed by atoms with E-state index in [1.54, 1.807) is 0 Å². The Morgan fingerprint density at radius 1 is 1.62 bits per heavy atom. The number of aromatic nitrogens is 1. The maximum atomic E-state index is 9.33. The summed E-state index contributed by atoms with van der Waals surface area (Å²) < 4.78 is 5.23. The minimum Gasteiger partial charge on any atom is -0.503 e. The van der Waals surface area contributed by atoms with Gasteiger partial charge in [-0.2, -0.15) is 0 Å². The lowest BCUT2D eigenvalue weighted by Crippen LogP contribution is -2.05. The van der Waals surface area contributed by atoms with Gasteiger partial charge >= 0.3 is 0 Å². The Hall–Kier alpha value is -0.960. The molecule has 0 aromatic carbocycles. The second kappa shape index (κ2) is 4.33. The van der Waals surface area contributed by atoms with Crippen molar-refractivity contribution in [2.24, 2.45) is 5.92 Å². The Kier molecular flexibility index (Phi) is 3.37. The molecule has 0 radical (unpaired) electrons. The fraction of sp³-hybridized carbons (Fsp3) is 0.444. The first-order valence-electron chi connectivity index (χ1n) is 4.07. The predicted octanol–water partition coefficient (Wildman–Crippen LogP) is 2.48. The summed E-state index contributed by atoms with van der Waals surface area (Å²) in [5, 5.41) is 9.73. The quantitative estimate of drug-likeness (QED) is 0.817. The van der Waals surface area contributed by atoms with Gasteiger partial charge in [-0.15, -0.1) is 0 Å². The molecule has 1 heterocycles. The molecule has 72 valence electrons. The van der Waals surface area contributed by atoms with E-state index in [2.05, 4.69) is 4.98 Å². The van der Waals surface area contributed by atoms with Gasteiger partial charge in [0.1, 0.15) is 0 Å².